The molecule has 2 N–H and O–H groups in total. The minimum atomic E-state index is -3.85. The standard InChI is InChI=1S/C14H16N4O2S/c15-21(19,20)14-17-16-13(18(14)12-6-7-12)11-5-4-9-2-1-3-10(9)8-11/h4-5,8,12H,1-3,6-7H2,(H2,15,19,20). The second kappa shape index (κ2) is 4.38. The molecule has 1 aromatic carbocycles. The summed E-state index contributed by atoms with van der Waals surface area (Å²) in [5, 5.41) is 13.0. The zero-order chi connectivity index (χ0) is 14.6. The fourth-order valence-corrected chi connectivity index (χ4v) is 3.71. The molecule has 2 aliphatic carbocycles. The van der Waals surface area contributed by atoms with Crippen molar-refractivity contribution in [2.45, 2.75) is 43.3 Å². The number of hydrogen-bond donors (Lipinski definition) is 1. The van der Waals surface area contributed by atoms with E-state index in [9.17, 15) is 8.42 Å². The first-order valence-electron chi connectivity index (χ1n) is 7.14. The quantitative estimate of drug-likeness (QED) is 0.928. The molecule has 0 saturated heterocycles. The van der Waals surface area contributed by atoms with E-state index in [1.165, 1.54) is 17.5 Å². The summed E-state index contributed by atoms with van der Waals surface area (Å²) < 4.78 is 25.0. The van der Waals surface area contributed by atoms with Gasteiger partial charge in [-0.1, -0.05) is 12.1 Å². The van der Waals surface area contributed by atoms with Gasteiger partial charge in [0.2, 0.25) is 0 Å². The largest absolute Gasteiger partial charge is 0.294 e. The molecule has 7 heteroatoms. The number of fused-ring (bicyclic) bond motifs is 1. The Morgan fingerprint density at radius 3 is 2.62 bits per heavy atom. The van der Waals surface area contributed by atoms with E-state index in [0.717, 1.165) is 31.2 Å². The van der Waals surface area contributed by atoms with Crippen LogP contribution >= 0.6 is 0 Å². The Kier molecular flexibility index (Phi) is 2.71. The molecule has 1 aromatic heterocycles. The summed E-state index contributed by atoms with van der Waals surface area (Å²) in [7, 11) is -3.85. The monoisotopic (exact) mass is 304 g/mol. The first-order valence-corrected chi connectivity index (χ1v) is 8.68. The molecule has 4 rings (SSSR count). The van der Waals surface area contributed by atoms with Crippen LogP contribution in [0.15, 0.2) is 23.4 Å². The zero-order valence-electron chi connectivity index (χ0n) is 11.5. The molecule has 0 bridgehead atoms. The number of sulfonamides is 1. The summed E-state index contributed by atoms with van der Waals surface area (Å²) in [5.74, 6) is 0.608. The molecule has 1 fully saturated rings. The number of benzene rings is 1. The third-order valence-corrected chi connectivity index (χ3v) is 4.98. The van der Waals surface area contributed by atoms with E-state index in [4.69, 9.17) is 5.14 Å². The Hall–Kier alpha value is -1.73. The third-order valence-electron chi connectivity index (χ3n) is 4.19. The summed E-state index contributed by atoms with van der Waals surface area (Å²) in [5.41, 5.74) is 3.63. The molecular formula is C14H16N4O2S. The zero-order valence-corrected chi connectivity index (χ0v) is 12.3. The van der Waals surface area contributed by atoms with Crippen LogP contribution in [-0.2, 0) is 22.9 Å². The lowest BCUT2D eigenvalue weighted by molar-refractivity contribution is 0.567. The first kappa shape index (κ1) is 13.0. The van der Waals surface area contributed by atoms with E-state index in [0.29, 0.717) is 5.82 Å². The molecule has 1 heterocycles. The van der Waals surface area contributed by atoms with Gasteiger partial charge in [-0.15, -0.1) is 10.2 Å². The summed E-state index contributed by atoms with van der Waals surface area (Å²) in [6.07, 6.45) is 5.25. The molecular weight excluding hydrogens is 288 g/mol. The van der Waals surface area contributed by atoms with Crippen molar-refractivity contribution in [1.29, 1.82) is 0 Å². The number of hydrogen-bond acceptors (Lipinski definition) is 4. The van der Waals surface area contributed by atoms with E-state index in [1.54, 1.807) is 4.57 Å². The SMILES string of the molecule is NS(=O)(=O)c1nnc(-c2ccc3c(c2)CCC3)n1C1CC1. The summed E-state index contributed by atoms with van der Waals surface area (Å²) in [6, 6.07) is 6.37. The van der Waals surface area contributed by atoms with Crippen LogP contribution in [0, 0.1) is 0 Å². The first-order chi connectivity index (χ1) is 10.0. The van der Waals surface area contributed by atoms with Crippen molar-refractivity contribution in [2.75, 3.05) is 0 Å². The number of aryl methyl sites for hydroxylation is 2. The van der Waals surface area contributed by atoms with Gasteiger partial charge in [-0.25, -0.2) is 13.6 Å². The average molecular weight is 304 g/mol. The van der Waals surface area contributed by atoms with Gasteiger partial charge in [0, 0.05) is 11.6 Å². The minimum absolute atomic E-state index is 0.125. The fraction of sp³-hybridized carbons (Fsp3) is 0.429. The molecule has 0 atom stereocenters. The lowest BCUT2D eigenvalue weighted by Crippen LogP contribution is -2.18. The molecule has 0 radical (unpaired) electrons. The van der Waals surface area contributed by atoms with Crippen LogP contribution in [0.1, 0.15) is 36.4 Å². The van der Waals surface area contributed by atoms with Crippen LogP contribution in [0.5, 0.6) is 0 Å². The Morgan fingerprint density at radius 2 is 1.90 bits per heavy atom. The summed E-state index contributed by atoms with van der Waals surface area (Å²) >= 11 is 0. The predicted octanol–water partition coefficient (Wildman–Crippen LogP) is 1.42. The second-order valence-electron chi connectivity index (χ2n) is 5.79. The van der Waals surface area contributed by atoms with Gasteiger partial charge in [0.15, 0.2) is 5.82 Å². The van der Waals surface area contributed by atoms with Gasteiger partial charge in [0.05, 0.1) is 0 Å². The highest BCUT2D eigenvalue weighted by Gasteiger charge is 2.33. The highest BCUT2D eigenvalue weighted by atomic mass is 32.2. The minimum Gasteiger partial charge on any atom is -0.294 e. The van der Waals surface area contributed by atoms with E-state index < -0.39 is 10.0 Å². The molecule has 6 nitrogen and oxygen atoms in total. The number of aromatic nitrogens is 3. The highest BCUT2D eigenvalue weighted by Crippen LogP contribution is 2.40. The van der Waals surface area contributed by atoms with Crippen LogP contribution < -0.4 is 5.14 Å². The van der Waals surface area contributed by atoms with E-state index in [-0.39, 0.29) is 11.2 Å². The lowest BCUT2D eigenvalue weighted by Gasteiger charge is -2.09. The van der Waals surface area contributed by atoms with Crippen molar-refractivity contribution in [1.82, 2.24) is 14.8 Å². The maximum atomic E-state index is 11.7. The number of rotatable bonds is 3. The number of primary sulfonamides is 1. The molecule has 21 heavy (non-hydrogen) atoms. The van der Waals surface area contributed by atoms with Gasteiger partial charge < -0.3 is 0 Å². The Balaban J connectivity index is 1.87. The van der Waals surface area contributed by atoms with Gasteiger partial charge in [0.1, 0.15) is 0 Å². The topological polar surface area (TPSA) is 90.9 Å². The molecule has 2 aromatic rings. The molecule has 0 unspecified atom stereocenters. The van der Waals surface area contributed by atoms with Gasteiger partial charge in [-0.05, 0) is 49.3 Å². The van der Waals surface area contributed by atoms with Crippen molar-refractivity contribution >= 4 is 10.0 Å². The lowest BCUT2D eigenvalue weighted by atomic mass is 10.1. The maximum Gasteiger partial charge on any atom is 0.273 e. The van der Waals surface area contributed by atoms with Crippen LogP contribution in [0.3, 0.4) is 0 Å². The number of nitrogens with two attached hydrogens (primary N) is 1. The van der Waals surface area contributed by atoms with Gasteiger partial charge >= 0.3 is 0 Å². The van der Waals surface area contributed by atoms with Gasteiger partial charge in [0.25, 0.3) is 15.2 Å². The van der Waals surface area contributed by atoms with Crippen LogP contribution in [0.25, 0.3) is 11.4 Å². The van der Waals surface area contributed by atoms with Crippen LogP contribution in [0.2, 0.25) is 0 Å². The smallest absolute Gasteiger partial charge is 0.273 e. The second-order valence-corrected chi connectivity index (χ2v) is 7.24. The normalized spacial score (nSPS) is 18.0. The fourth-order valence-electron chi connectivity index (χ4n) is 3.04. The molecule has 0 amide bonds. The van der Waals surface area contributed by atoms with E-state index in [1.807, 2.05) is 6.07 Å². The van der Waals surface area contributed by atoms with Gasteiger partial charge in [-0.3, -0.25) is 4.57 Å². The van der Waals surface area contributed by atoms with Gasteiger partial charge in [-0.2, -0.15) is 0 Å². The van der Waals surface area contributed by atoms with Crippen LogP contribution in [-0.4, -0.2) is 23.2 Å². The molecule has 110 valence electrons. The summed E-state index contributed by atoms with van der Waals surface area (Å²) in [6.45, 7) is 0. The summed E-state index contributed by atoms with van der Waals surface area (Å²) in [4.78, 5) is 0. The van der Waals surface area contributed by atoms with Crippen LogP contribution in [0.4, 0.5) is 0 Å². The van der Waals surface area contributed by atoms with E-state index >= 15 is 0 Å². The predicted molar refractivity (Wildman–Crippen MR) is 77.1 cm³/mol. The number of nitrogens with zero attached hydrogens (tertiary/aromatic N) is 3. The Morgan fingerprint density at radius 1 is 1.14 bits per heavy atom. The highest BCUT2D eigenvalue weighted by molar-refractivity contribution is 7.89. The molecule has 0 spiro atoms. The third kappa shape index (κ3) is 2.16. The average Bonchev–Trinajstić information content (AvgIpc) is 3.01. The Bertz CT molecular complexity index is 821. The van der Waals surface area contributed by atoms with Crippen molar-refractivity contribution in [3.63, 3.8) is 0 Å². The van der Waals surface area contributed by atoms with Crippen molar-refractivity contribution in [3.8, 4) is 11.4 Å². The Labute approximate surface area is 123 Å². The molecule has 0 aliphatic heterocycles. The van der Waals surface area contributed by atoms with Crippen molar-refractivity contribution in [3.05, 3.63) is 29.3 Å². The van der Waals surface area contributed by atoms with Crippen molar-refractivity contribution < 1.29 is 8.42 Å². The van der Waals surface area contributed by atoms with E-state index in [2.05, 4.69) is 22.3 Å². The molecule has 1 saturated carbocycles. The molecule has 2 aliphatic rings. The maximum absolute atomic E-state index is 11.7. The van der Waals surface area contributed by atoms with Crippen molar-refractivity contribution in [2.24, 2.45) is 5.14 Å².